The number of benzene rings is 2. The molecule has 0 amide bonds. The Hall–Kier alpha value is -3.85. The summed E-state index contributed by atoms with van der Waals surface area (Å²) < 4.78 is 8.44. The van der Waals surface area contributed by atoms with Gasteiger partial charge in [-0.05, 0) is 97.9 Å². The molecule has 0 fully saturated rings. The van der Waals surface area contributed by atoms with Crippen LogP contribution in [0.15, 0.2) is 113 Å². The SMILES string of the molecule is CCCCOc1ccc(C2=C(/C=C/C3=[N+](C)c4ccccc4C3(C)C)CC(C)C/C2=C\C=C2\N(C)C3=C(C=CCC3)C2(C)C)cc1. The van der Waals surface area contributed by atoms with E-state index in [1.54, 1.807) is 0 Å². The highest BCUT2D eigenvalue weighted by atomic mass is 16.5. The topological polar surface area (TPSA) is 15.5 Å². The van der Waals surface area contributed by atoms with Crippen molar-refractivity contribution in [1.82, 2.24) is 4.90 Å². The van der Waals surface area contributed by atoms with E-state index in [1.165, 1.54) is 56.2 Å². The van der Waals surface area contributed by atoms with Gasteiger partial charge < -0.3 is 9.64 Å². The van der Waals surface area contributed by atoms with Gasteiger partial charge >= 0.3 is 0 Å². The van der Waals surface area contributed by atoms with Gasteiger partial charge in [-0.25, -0.2) is 0 Å². The van der Waals surface area contributed by atoms with Crippen molar-refractivity contribution in [3.05, 3.63) is 124 Å². The lowest BCUT2D eigenvalue weighted by Crippen LogP contribution is -2.26. The summed E-state index contributed by atoms with van der Waals surface area (Å²) in [6, 6.07) is 17.7. The van der Waals surface area contributed by atoms with E-state index in [-0.39, 0.29) is 10.8 Å². The van der Waals surface area contributed by atoms with Crippen LogP contribution in [-0.2, 0) is 5.41 Å². The number of unbranched alkanes of at least 4 members (excludes halogenated alkanes) is 1. The monoisotopic (exact) mass is 613 g/mol. The van der Waals surface area contributed by atoms with Crippen LogP contribution in [0.1, 0.15) is 91.2 Å². The van der Waals surface area contributed by atoms with Gasteiger partial charge in [-0.2, -0.15) is 4.58 Å². The van der Waals surface area contributed by atoms with Crippen molar-refractivity contribution in [3.63, 3.8) is 0 Å². The zero-order chi connectivity index (χ0) is 32.6. The molecular weight excluding hydrogens is 560 g/mol. The molecule has 3 heteroatoms. The van der Waals surface area contributed by atoms with Gasteiger partial charge in [0.25, 0.3) is 0 Å². The first-order chi connectivity index (χ1) is 22.0. The third-order valence-corrected chi connectivity index (χ3v) is 10.7. The summed E-state index contributed by atoms with van der Waals surface area (Å²) in [5.41, 5.74) is 13.8. The number of nitrogens with zero attached hydrogens (tertiary/aromatic N) is 2. The Balaban J connectivity index is 1.43. The summed E-state index contributed by atoms with van der Waals surface area (Å²) in [4.78, 5) is 2.46. The van der Waals surface area contributed by atoms with Crippen LogP contribution in [0.4, 0.5) is 5.69 Å². The van der Waals surface area contributed by atoms with Crippen LogP contribution in [0.5, 0.6) is 5.75 Å². The van der Waals surface area contributed by atoms with Crippen molar-refractivity contribution in [3.8, 4) is 5.75 Å². The molecule has 240 valence electrons. The van der Waals surface area contributed by atoms with Crippen LogP contribution in [0.25, 0.3) is 5.57 Å². The van der Waals surface area contributed by atoms with Crippen LogP contribution < -0.4 is 4.74 Å². The molecule has 46 heavy (non-hydrogen) atoms. The summed E-state index contributed by atoms with van der Waals surface area (Å²) in [6.45, 7) is 14.8. The minimum absolute atomic E-state index is 0.00722. The van der Waals surface area contributed by atoms with Crippen LogP contribution in [0, 0.1) is 11.3 Å². The fourth-order valence-corrected chi connectivity index (χ4v) is 8.21. The van der Waals surface area contributed by atoms with Gasteiger partial charge in [0, 0.05) is 41.6 Å². The number of allylic oxidation sites excluding steroid dienone is 11. The standard InChI is InChI=1S/C43H53N2O/c1-9-10-27-46-34-23-19-31(20-24-34)41-32(21-25-39-42(3,4)35-15-11-13-17-37(35)44(39)7)28-30(2)29-33(41)22-26-40-43(5,6)36-16-12-14-18-38(36)45(40)8/h11-13,15-17,19-26,30H,9-10,14,18,27-29H2,1-8H3/q+1. The van der Waals surface area contributed by atoms with E-state index in [0.717, 1.165) is 50.9 Å². The zero-order valence-corrected chi connectivity index (χ0v) is 29.4. The van der Waals surface area contributed by atoms with Crippen molar-refractivity contribution in [2.75, 3.05) is 20.7 Å². The van der Waals surface area contributed by atoms with Crippen molar-refractivity contribution < 1.29 is 9.31 Å². The Labute approximate surface area is 278 Å². The minimum Gasteiger partial charge on any atom is -0.494 e. The molecule has 6 rings (SSSR count). The van der Waals surface area contributed by atoms with E-state index in [0.29, 0.717) is 5.92 Å². The highest BCUT2D eigenvalue weighted by molar-refractivity contribution is 6.03. The van der Waals surface area contributed by atoms with Crippen molar-refractivity contribution >= 4 is 17.0 Å². The lowest BCUT2D eigenvalue weighted by Gasteiger charge is -2.28. The molecule has 2 aliphatic heterocycles. The van der Waals surface area contributed by atoms with Crippen LogP contribution >= 0.6 is 0 Å². The molecule has 2 heterocycles. The molecule has 0 saturated heterocycles. The van der Waals surface area contributed by atoms with E-state index in [1.807, 2.05) is 0 Å². The van der Waals surface area contributed by atoms with Crippen LogP contribution in [-0.4, -0.2) is 35.9 Å². The molecule has 1 atom stereocenters. The number of rotatable bonds is 8. The molecule has 0 aromatic heterocycles. The average molecular weight is 614 g/mol. The smallest absolute Gasteiger partial charge is 0.209 e. The van der Waals surface area contributed by atoms with Crippen molar-refractivity contribution in [1.29, 1.82) is 0 Å². The lowest BCUT2D eigenvalue weighted by atomic mass is 9.77. The predicted octanol–water partition coefficient (Wildman–Crippen LogP) is 10.7. The van der Waals surface area contributed by atoms with Crippen LogP contribution in [0.3, 0.4) is 0 Å². The van der Waals surface area contributed by atoms with Crippen molar-refractivity contribution in [2.45, 2.75) is 85.5 Å². The molecule has 0 radical (unpaired) electrons. The number of ether oxygens (including phenoxy) is 1. The molecule has 2 aliphatic carbocycles. The van der Waals surface area contributed by atoms with Gasteiger partial charge in [0.2, 0.25) is 5.69 Å². The van der Waals surface area contributed by atoms with Gasteiger partial charge in [0.15, 0.2) is 5.71 Å². The Morgan fingerprint density at radius 2 is 1.72 bits per heavy atom. The second-order valence-electron chi connectivity index (χ2n) is 14.8. The number of hydrogen-bond donors (Lipinski definition) is 0. The van der Waals surface area contributed by atoms with Crippen molar-refractivity contribution in [2.24, 2.45) is 11.3 Å². The number of para-hydroxylation sites is 1. The van der Waals surface area contributed by atoms with E-state index in [2.05, 4.69) is 150 Å². The first kappa shape index (κ1) is 32.1. The quantitative estimate of drug-likeness (QED) is 0.217. The van der Waals surface area contributed by atoms with Gasteiger partial charge in [-0.1, -0.05) is 88.8 Å². The van der Waals surface area contributed by atoms with E-state index >= 15 is 0 Å². The van der Waals surface area contributed by atoms with Gasteiger partial charge in [-0.15, -0.1) is 0 Å². The highest BCUT2D eigenvalue weighted by Gasteiger charge is 2.43. The van der Waals surface area contributed by atoms with Gasteiger partial charge in [0.1, 0.15) is 12.8 Å². The maximum Gasteiger partial charge on any atom is 0.209 e. The molecular formula is C43H53N2O+. The number of fused-ring (bicyclic) bond motifs is 1. The zero-order valence-electron chi connectivity index (χ0n) is 29.4. The second-order valence-corrected chi connectivity index (χ2v) is 14.8. The summed E-state index contributed by atoms with van der Waals surface area (Å²) >= 11 is 0. The lowest BCUT2D eigenvalue weighted by molar-refractivity contribution is -0.401. The number of hydrogen-bond acceptors (Lipinski definition) is 2. The highest BCUT2D eigenvalue weighted by Crippen LogP contribution is 2.50. The second kappa shape index (κ2) is 12.7. The third kappa shape index (κ3) is 5.78. The fraction of sp³-hybridized carbons (Fsp3) is 0.419. The average Bonchev–Trinajstić information content (AvgIpc) is 3.36. The molecule has 3 nitrogen and oxygen atoms in total. The molecule has 0 bridgehead atoms. The Morgan fingerprint density at radius 3 is 2.43 bits per heavy atom. The third-order valence-electron chi connectivity index (χ3n) is 10.7. The summed E-state index contributed by atoms with van der Waals surface area (Å²) in [5.74, 6) is 1.51. The van der Waals surface area contributed by atoms with E-state index in [9.17, 15) is 0 Å². The largest absolute Gasteiger partial charge is 0.494 e. The maximum atomic E-state index is 6.06. The summed E-state index contributed by atoms with van der Waals surface area (Å²) in [6.07, 6.45) is 21.0. The molecule has 4 aliphatic rings. The molecule has 0 spiro atoms. The normalized spacial score (nSPS) is 23.7. The molecule has 1 unspecified atom stereocenters. The maximum absolute atomic E-state index is 6.06. The van der Waals surface area contributed by atoms with E-state index in [4.69, 9.17) is 4.74 Å². The molecule has 0 saturated carbocycles. The first-order valence-corrected chi connectivity index (χ1v) is 17.4. The summed E-state index contributed by atoms with van der Waals surface area (Å²) in [7, 11) is 4.47. The van der Waals surface area contributed by atoms with Gasteiger partial charge in [-0.3, -0.25) is 0 Å². The first-order valence-electron chi connectivity index (χ1n) is 17.4. The van der Waals surface area contributed by atoms with Crippen LogP contribution in [0.2, 0.25) is 0 Å². The minimum atomic E-state index is -0.0530. The Kier molecular flexibility index (Phi) is 8.89. The summed E-state index contributed by atoms with van der Waals surface area (Å²) in [5, 5.41) is 0. The Bertz CT molecular complexity index is 1720. The molecule has 0 N–H and O–H groups in total. The predicted molar refractivity (Wildman–Crippen MR) is 195 cm³/mol. The Morgan fingerprint density at radius 1 is 0.957 bits per heavy atom. The molecule has 2 aromatic carbocycles. The van der Waals surface area contributed by atoms with E-state index < -0.39 is 0 Å². The van der Waals surface area contributed by atoms with Gasteiger partial charge in [0.05, 0.1) is 12.0 Å². The molecule has 2 aromatic rings. The fourth-order valence-electron chi connectivity index (χ4n) is 8.21.